The Kier molecular flexibility index (Phi) is 3.07. The molecule has 1 N–H and O–H groups in total. The third-order valence-electron chi connectivity index (χ3n) is 3.46. The summed E-state index contributed by atoms with van der Waals surface area (Å²) < 4.78 is 0. The summed E-state index contributed by atoms with van der Waals surface area (Å²) in [5, 5.41) is 3.56. The standard InChI is InChI=1S/C15H17N3/c1-11-8-17-15(9-16-11)10-18-14-6-12-4-2-3-5-13(12)7-14/h2-5,8-9,14,18H,6-7,10H2,1H3. The Balaban J connectivity index is 1.58. The van der Waals surface area contributed by atoms with Crippen LogP contribution in [0.25, 0.3) is 0 Å². The number of aromatic nitrogens is 2. The van der Waals surface area contributed by atoms with Gasteiger partial charge < -0.3 is 5.32 Å². The van der Waals surface area contributed by atoms with Crippen LogP contribution in [0.15, 0.2) is 36.7 Å². The lowest BCUT2D eigenvalue weighted by molar-refractivity contribution is 0.527. The topological polar surface area (TPSA) is 37.8 Å². The molecule has 0 amide bonds. The fourth-order valence-corrected chi connectivity index (χ4v) is 2.46. The van der Waals surface area contributed by atoms with E-state index in [0.717, 1.165) is 30.8 Å². The van der Waals surface area contributed by atoms with Gasteiger partial charge >= 0.3 is 0 Å². The molecular weight excluding hydrogens is 222 g/mol. The molecule has 0 atom stereocenters. The summed E-state index contributed by atoms with van der Waals surface area (Å²) in [5.74, 6) is 0. The first-order valence-electron chi connectivity index (χ1n) is 6.39. The Hall–Kier alpha value is -1.74. The second kappa shape index (κ2) is 4.86. The highest BCUT2D eigenvalue weighted by Gasteiger charge is 2.20. The van der Waals surface area contributed by atoms with Gasteiger partial charge in [0.25, 0.3) is 0 Å². The zero-order valence-corrected chi connectivity index (χ0v) is 10.6. The fourth-order valence-electron chi connectivity index (χ4n) is 2.46. The highest BCUT2D eigenvalue weighted by atomic mass is 14.9. The van der Waals surface area contributed by atoms with Gasteiger partial charge in [0.1, 0.15) is 0 Å². The van der Waals surface area contributed by atoms with Gasteiger partial charge in [-0.3, -0.25) is 9.97 Å². The molecule has 3 rings (SSSR count). The SMILES string of the molecule is Cc1cnc(CNC2Cc3ccccc3C2)cn1. The quantitative estimate of drug-likeness (QED) is 0.890. The minimum atomic E-state index is 0.533. The molecule has 3 nitrogen and oxygen atoms in total. The first-order valence-corrected chi connectivity index (χ1v) is 6.39. The van der Waals surface area contributed by atoms with Gasteiger partial charge in [-0.1, -0.05) is 24.3 Å². The van der Waals surface area contributed by atoms with Crippen LogP contribution in [-0.4, -0.2) is 16.0 Å². The van der Waals surface area contributed by atoms with Crippen LogP contribution in [0.3, 0.4) is 0 Å². The largest absolute Gasteiger partial charge is 0.308 e. The number of hydrogen-bond donors (Lipinski definition) is 1. The maximum Gasteiger partial charge on any atom is 0.0724 e. The third kappa shape index (κ3) is 2.41. The molecule has 1 aromatic carbocycles. The summed E-state index contributed by atoms with van der Waals surface area (Å²) in [6.07, 6.45) is 5.91. The lowest BCUT2D eigenvalue weighted by Gasteiger charge is -2.11. The second-order valence-corrected chi connectivity index (χ2v) is 4.90. The van der Waals surface area contributed by atoms with Gasteiger partial charge in [-0.25, -0.2) is 0 Å². The molecule has 0 radical (unpaired) electrons. The maximum absolute atomic E-state index is 4.36. The molecule has 0 spiro atoms. The lowest BCUT2D eigenvalue weighted by atomic mass is 10.1. The predicted molar refractivity (Wildman–Crippen MR) is 71.2 cm³/mol. The van der Waals surface area contributed by atoms with E-state index in [1.807, 2.05) is 19.3 Å². The number of rotatable bonds is 3. The summed E-state index contributed by atoms with van der Waals surface area (Å²) in [5.41, 5.74) is 4.93. The summed E-state index contributed by atoms with van der Waals surface area (Å²) in [6, 6.07) is 9.22. The number of benzene rings is 1. The van der Waals surface area contributed by atoms with Gasteiger partial charge in [-0.2, -0.15) is 0 Å². The molecule has 0 saturated heterocycles. The van der Waals surface area contributed by atoms with Crippen molar-refractivity contribution in [1.29, 1.82) is 0 Å². The van der Waals surface area contributed by atoms with Crippen molar-refractivity contribution in [2.45, 2.75) is 32.4 Å². The van der Waals surface area contributed by atoms with Gasteiger partial charge in [0.15, 0.2) is 0 Å². The molecular formula is C15H17N3. The molecule has 2 aromatic rings. The third-order valence-corrected chi connectivity index (χ3v) is 3.46. The van der Waals surface area contributed by atoms with Crippen molar-refractivity contribution < 1.29 is 0 Å². The normalized spacial score (nSPS) is 14.7. The van der Waals surface area contributed by atoms with Crippen LogP contribution >= 0.6 is 0 Å². The molecule has 0 fully saturated rings. The first kappa shape index (κ1) is 11.4. The number of fused-ring (bicyclic) bond motifs is 1. The van der Waals surface area contributed by atoms with Crippen LogP contribution in [0.1, 0.15) is 22.5 Å². The van der Waals surface area contributed by atoms with Gasteiger partial charge in [-0.05, 0) is 30.9 Å². The van der Waals surface area contributed by atoms with Crippen molar-refractivity contribution in [3.8, 4) is 0 Å². The predicted octanol–water partition coefficient (Wildman–Crippen LogP) is 2.04. The van der Waals surface area contributed by atoms with E-state index < -0.39 is 0 Å². The first-order chi connectivity index (χ1) is 8.81. The second-order valence-electron chi connectivity index (χ2n) is 4.90. The number of aryl methyl sites for hydroxylation is 1. The summed E-state index contributed by atoms with van der Waals surface area (Å²) >= 11 is 0. The molecule has 0 aliphatic heterocycles. The maximum atomic E-state index is 4.36. The van der Waals surface area contributed by atoms with E-state index in [1.165, 1.54) is 11.1 Å². The number of hydrogen-bond acceptors (Lipinski definition) is 3. The average Bonchev–Trinajstić information content (AvgIpc) is 2.81. The Morgan fingerprint density at radius 2 is 1.83 bits per heavy atom. The highest BCUT2D eigenvalue weighted by molar-refractivity contribution is 5.33. The van der Waals surface area contributed by atoms with Gasteiger partial charge in [0.05, 0.1) is 11.4 Å². The fraction of sp³-hybridized carbons (Fsp3) is 0.333. The van der Waals surface area contributed by atoms with Crippen molar-refractivity contribution in [2.75, 3.05) is 0 Å². The molecule has 0 saturated carbocycles. The van der Waals surface area contributed by atoms with Crippen molar-refractivity contribution in [1.82, 2.24) is 15.3 Å². The molecule has 0 unspecified atom stereocenters. The van der Waals surface area contributed by atoms with E-state index in [1.54, 1.807) is 0 Å². The van der Waals surface area contributed by atoms with E-state index in [0.29, 0.717) is 6.04 Å². The summed E-state index contributed by atoms with van der Waals surface area (Å²) in [6.45, 7) is 2.75. The molecule has 1 aliphatic carbocycles. The van der Waals surface area contributed by atoms with Crippen molar-refractivity contribution in [3.05, 3.63) is 59.2 Å². The molecule has 18 heavy (non-hydrogen) atoms. The molecule has 1 aromatic heterocycles. The van der Waals surface area contributed by atoms with Crippen LogP contribution in [0, 0.1) is 6.92 Å². The van der Waals surface area contributed by atoms with Gasteiger partial charge in [-0.15, -0.1) is 0 Å². The van der Waals surface area contributed by atoms with Crippen LogP contribution in [-0.2, 0) is 19.4 Å². The monoisotopic (exact) mass is 239 g/mol. The van der Waals surface area contributed by atoms with Crippen LogP contribution < -0.4 is 5.32 Å². The summed E-state index contributed by atoms with van der Waals surface area (Å²) in [7, 11) is 0. The zero-order valence-electron chi connectivity index (χ0n) is 10.6. The van der Waals surface area contributed by atoms with Crippen molar-refractivity contribution >= 4 is 0 Å². The van der Waals surface area contributed by atoms with E-state index in [2.05, 4.69) is 39.6 Å². The van der Waals surface area contributed by atoms with E-state index in [4.69, 9.17) is 0 Å². The van der Waals surface area contributed by atoms with Gasteiger partial charge in [0.2, 0.25) is 0 Å². The van der Waals surface area contributed by atoms with Crippen molar-refractivity contribution in [3.63, 3.8) is 0 Å². The molecule has 92 valence electrons. The van der Waals surface area contributed by atoms with Crippen LogP contribution in [0.4, 0.5) is 0 Å². The zero-order chi connectivity index (χ0) is 12.4. The van der Waals surface area contributed by atoms with E-state index in [-0.39, 0.29) is 0 Å². The minimum Gasteiger partial charge on any atom is -0.308 e. The molecule has 1 aliphatic rings. The smallest absolute Gasteiger partial charge is 0.0724 e. The summed E-state index contributed by atoms with van der Waals surface area (Å²) in [4.78, 5) is 8.62. The Labute approximate surface area is 107 Å². The van der Waals surface area contributed by atoms with Crippen LogP contribution in [0.2, 0.25) is 0 Å². The molecule has 3 heteroatoms. The molecule has 0 bridgehead atoms. The molecule has 1 heterocycles. The number of nitrogens with one attached hydrogen (secondary N) is 1. The van der Waals surface area contributed by atoms with E-state index >= 15 is 0 Å². The Morgan fingerprint density at radius 3 is 2.44 bits per heavy atom. The number of nitrogens with zero attached hydrogens (tertiary/aromatic N) is 2. The van der Waals surface area contributed by atoms with Crippen molar-refractivity contribution in [2.24, 2.45) is 0 Å². The highest BCUT2D eigenvalue weighted by Crippen LogP contribution is 2.21. The average molecular weight is 239 g/mol. The van der Waals surface area contributed by atoms with Crippen LogP contribution in [0.5, 0.6) is 0 Å². The minimum absolute atomic E-state index is 0.533. The van der Waals surface area contributed by atoms with E-state index in [9.17, 15) is 0 Å². The lowest BCUT2D eigenvalue weighted by Crippen LogP contribution is -2.29. The Morgan fingerprint density at radius 1 is 1.11 bits per heavy atom. The Bertz CT molecular complexity index is 509. The van der Waals surface area contributed by atoms with Gasteiger partial charge in [0, 0.05) is 25.0 Å².